The topological polar surface area (TPSA) is 69.7 Å². The lowest BCUT2D eigenvalue weighted by Gasteiger charge is -2.28. The van der Waals surface area contributed by atoms with Crippen LogP contribution in [0.5, 0.6) is 0 Å². The molecule has 6 nitrogen and oxygen atoms in total. The number of urea groups is 1. The second kappa shape index (κ2) is 5.82. The van der Waals surface area contributed by atoms with Crippen molar-refractivity contribution in [2.45, 2.75) is 10.9 Å². The lowest BCUT2D eigenvalue weighted by Crippen LogP contribution is -2.49. The van der Waals surface area contributed by atoms with Crippen LogP contribution in [-0.4, -0.2) is 57.8 Å². The molecule has 3 rings (SSSR count). The van der Waals surface area contributed by atoms with Crippen molar-refractivity contribution in [1.29, 1.82) is 0 Å². The standard InChI is InChI=1S/C13H17N3O3S.ClH/c1-20(18,19)12-4-2-10(3-5-12)16-9-11-8-14-6-7-15(11)13(16)17;/h2-5,11,14H,6-9H2,1H3;1H. The first-order valence-corrected chi connectivity index (χ1v) is 8.45. The van der Waals surface area contributed by atoms with E-state index in [1.807, 2.05) is 4.90 Å². The molecule has 2 heterocycles. The number of sulfone groups is 1. The molecule has 2 amide bonds. The Morgan fingerprint density at radius 1 is 1.24 bits per heavy atom. The van der Waals surface area contributed by atoms with Gasteiger partial charge < -0.3 is 10.2 Å². The average molecular weight is 332 g/mol. The number of piperazine rings is 1. The highest BCUT2D eigenvalue weighted by Gasteiger charge is 2.38. The van der Waals surface area contributed by atoms with Crippen molar-refractivity contribution in [3.05, 3.63) is 24.3 Å². The normalized spacial score (nSPS) is 22.0. The zero-order chi connectivity index (χ0) is 14.3. The summed E-state index contributed by atoms with van der Waals surface area (Å²) in [6.45, 7) is 3.00. The summed E-state index contributed by atoms with van der Waals surface area (Å²) in [5, 5.41) is 3.28. The zero-order valence-corrected chi connectivity index (χ0v) is 13.3. The lowest BCUT2D eigenvalue weighted by atomic mass is 10.2. The number of nitrogens with one attached hydrogen (secondary N) is 1. The summed E-state index contributed by atoms with van der Waals surface area (Å²) in [4.78, 5) is 16.2. The van der Waals surface area contributed by atoms with E-state index in [2.05, 4.69) is 5.32 Å². The molecule has 1 unspecified atom stereocenters. The van der Waals surface area contributed by atoms with E-state index >= 15 is 0 Å². The van der Waals surface area contributed by atoms with E-state index in [-0.39, 0.29) is 29.4 Å². The quantitative estimate of drug-likeness (QED) is 0.867. The van der Waals surface area contributed by atoms with Crippen LogP contribution >= 0.6 is 12.4 Å². The minimum Gasteiger partial charge on any atom is -0.317 e. The average Bonchev–Trinajstić information content (AvgIpc) is 2.76. The fraction of sp³-hybridized carbons (Fsp3) is 0.462. The van der Waals surface area contributed by atoms with Gasteiger partial charge >= 0.3 is 6.03 Å². The van der Waals surface area contributed by atoms with Gasteiger partial charge in [-0.2, -0.15) is 0 Å². The molecule has 1 atom stereocenters. The molecule has 1 N–H and O–H groups in total. The highest BCUT2D eigenvalue weighted by atomic mass is 35.5. The Bertz CT molecular complexity index is 633. The van der Waals surface area contributed by atoms with E-state index in [0.717, 1.165) is 25.3 Å². The third-order valence-corrected chi connectivity index (χ3v) is 4.93. The van der Waals surface area contributed by atoms with Gasteiger partial charge in [0.05, 0.1) is 10.9 Å². The van der Waals surface area contributed by atoms with Gasteiger partial charge in [0.15, 0.2) is 9.84 Å². The van der Waals surface area contributed by atoms with Crippen molar-refractivity contribution in [3.8, 4) is 0 Å². The molecular formula is C13H18ClN3O3S. The maximum Gasteiger partial charge on any atom is 0.324 e. The molecule has 0 aromatic heterocycles. The van der Waals surface area contributed by atoms with Gasteiger partial charge in [-0.25, -0.2) is 13.2 Å². The van der Waals surface area contributed by atoms with Crippen LogP contribution in [0.25, 0.3) is 0 Å². The second-order valence-electron chi connectivity index (χ2n) is 5.21. The summed E-state index contributed by atoms with van der Waals surface area (Å²) < 4.78 is 22.9. The van der Waals surface area contributed by atoms with Crippen molar-refractivity contribution in [3.63, 3.8) is 0 Å². The molecule has 116 valence electrons. The van der Waals surface area contributed by atoms with Gasteiger partial charge in [0, 0.05) is 38.1 Å². The van der Waals surface area contributed by atoms with Gasteiger partial charge in [-0.15, -0.1) is 12.4 Å². The van der Waals surface area contributed by atoms with Gasteiger partial charge in [-0.3, -0.25) is 4.90 Å². The van der Waals surface area contributed by atoms with Crippen molar-refractivity contribution in [2.75, 3.05) is 37.3 Å². The third kappa shape index (κ3) is 3.00. The second-order valence-corrected chi connectivity index (χ2v) is 7.23. The largest absolute Gasteiger partial charge is 0.324 e. The monoisotopic (exact) mass is 331 g/mol. The predicted octanol–water partition coefficient (Wildman–Crippen LogP) is 0.726. The number of carbonyl (C=O) groups is 1. The number of carbonyl (C=O) groups excluding carboxylic acids is 1. The maximum absolute atomic E-state index is 12.3. The molecule has 2 aliphatic heterocycles. The van der Waals surface area contributed by atoms with Crippen LogP contribution in [0.4, 0.5) is 10.5 Å². The first-order chi connectivity index (χ1) is 9.47. The smallest absolute Gasteiger partial charge is 0.317 e. The van der Waals surface area contributed by atoms with E-state index in [4.69, 9.17) is 0 Å². The van der Waals surface area contributed by atoms with E-state index in [1.54, 1.807) is 29.2 Å². The van der Waals surface area contributed by atoms with Crippen LogP contribution in [0.3, 0.4) is 0 Å². The molecule has 1 aromatic carbocycles. The first-order valence-electron chi connectivity index (χ1n) is 6.56. The van der Waals surface area contributed by atoms with Crippen LogP contribution in [0.1, 0.15) is 0 Å². The number of fused-ring (bicyclic) bond motifs is 1. The molecule has 0 radical (unpaired) electrons. The van der Waals surface area contributed by atoms with Gasteiger partial charge in [0.1, 0.15) is 0 Å². The number of anilines is 1. The molecule has 0 aliphatic carbocycles. The summed E-state index contributed by atoms with van der Waals surface area (Å²) in [5.41, 5.74) is 0.747. The van der Waals surface area contributed by atoms with Crippen LogP contribution < -0.4 is 10.2 Å². The van der Waals surface area contributed by atoms with Crippen molar-refractivity contribution in [1.82, 2.24) is 10.2 Å². The van der Waals surface area contributed by atoms with E-state index < -0.39 is 9.84 Å². The van der Waals surface area contributed by atoms with Crippen molar-refractivity contribution >= 4 is 34.0 Å². The van der Waals surface area contributed by atoms with Crippen molar-refractivity contribution < 1.29 is 13.2 Å². The molecule has 8 heteroatoms. The van der Waals surface area contributed by atoms with Crippen molar-refractivity contribution in [2.24, 2.45) is 0 Å². The number of hydrogen-bond acceptors (Lipinski definition) is 4. The Kier molecular flexibility index (Phi) is 4.46. The van der Waals surface area contributed by atoms with E-state index in [1.165, 1.54) is 6.26 Å². The number of rotatable bonds is 2. The van der Waals surface area contributed by atoms with Crippen LogP contribution in [0, 0.1) is 0 Å². The molecule has 2 fully saturated rings. The summed E-state index contributed by atoms with van der Waals surface area (Å²) in [5.74, 6) is 0. The number of nitrogens with zero attached hydrogens (tertiary/aromatic N) is 2. The van der Waals surface area contributed by atoms with Gasteiger partial charge in [0.25, 0.3) is 0 Å². The molecule has 0 bridgehead atoms. The Morgan fingerprint density at radius 2 is 1.90 bits per heavy atom. The van der Waals surface area contributed by atoms with Gasteiger partial charge in [-0.05, 0) is 24.3 Å². The molecule has 2 saturated heterocycles. The molecule has 21 heavy (non-hydrogen) atoms. The summed E-state index contributed by atoms with van der Waals surface area (Å²) >= 11 is 0. The fourth-order valence-electron chi connectivity index (χ4n) is 2.71. The number of amides is 2. The third-order valence-electron chi connectivity index (χ3n) is 3.80. The molecule has 0 saturated carbocycles. The van der Waals surface area contributed by atoms with Crippen LogP contribution in [0.15, 0.2) is 29.2 Å². The lowest BCUT2D eigenvalue weighted by molar-refractivity contribution is 0.193. The van der Waals surface area contributed by atoms with E-state index in [9.17, 15) is 13.2 Å². The fourth-order valence-corrected chi connectivity index (χ4v) is 3.34. The predicted molar refractivity (Wildman–Crippen MR) is 82.9 cm³/mol. The Balaban J connectivity index is 0.00000161. The Labute approximate surface area is 130 Å². The first kappa shape index (κ1) is 16.1. The molecule has 0 spiro atoms. The van der Waals surface area contributed by atoms with E-state index in [0.29, 0.717) is 6.54 Å². The minimum atomic E-state index is -3.20. The molecular weight excluding hydrogens is 314 g/mol. The summed E-state index contributed by atoms with van der Waals surface area (Å²) in [6.07, 6.45) is 1.18. The Morgan fingerprint density at radius 3 is 2.48 bits per heavy atom. The van der Waals surface area contributed by atoms with Crippen LogP contribution in [-0.2, 0) is 9.84 Å². The molecule has 1 aromatic rings. The number of benzene rings is 1. The molecule has 2 aliphatic rings. The highest BCUT2D eigenvalue weighted by Crippen LogP contribution is 2.25. The number of hydrogen-bond donors (Lipinski definition) is 1. The SMILES string of the molecule is CS(=O)(=O)c1ccc(N2CC3CNCCN3C2=O)cc1.Cl. The number of halogens is 1. The van der Waals surface area contributed by atoms with Crippen LogP contribution in [0.2, 0.25) is 0 Å². The Hall–Kier alpha value is -1.31. The zero-order valence-electron chi connectivity index (χ0n) is 11.7. The maximum atomic E-state index is 12.3. The minimum absolute atomic E-state index is 0. The summed E-state index contributed by atoms with van der Waals surface area (Å²) in [7, 11) is -3.20. The van der Waals surface area contributed by atoms with Gasteiger partial charge in [0.2, 0.25) is 0 Å². The highest BCUT2D eigenvalue weighted by molar-refractivity contribution is 7.90. The summed E-state index contributed by atoms with van der Waals surface area (Å²) in [6, 6.07) is 6.69. The van der Waals surface area contributed by atoms with Gasteiger partial charge in [-0.1, -0.05) is 0 Å².